The molecule has 1 saturated heterocycles. The zero-order chi connectivity index (χ0) is 15.5. The van der Waals surface area contributed by atoms with Crippen molar-refractivity contribution in [3.63, 3.8) is 0 Å². The van der Waals surface area contributed by atoms with E-state index in [1.807, 2.05) is 0 Å². The molecule has 0 aromatic heterocycles. The molecule has 0 aliphatic carbocycles. The summed E-state index contributed by atoms with van der Waals surface area (Å²) in [6, 6.07) is 4.75. The minimum atomic E-state index is -3.56. The van der Waals surface area contributed by atoms with Crippen LogP contribution in [0.3, 0.4) is 0 Å². The van der Waals surface area contributed by atoms with Crippen molar-refractivity contribution in [2.45, 2.75) is 17.9 Å². The van der Waals surface area contributed by atoms with E-state index in [1.54, 1.807) is 19.1 Å². The van der Waals surface area contributed by atoms with E-state index in [0.717, 1.165) is 6.54 Å². The number of carbonyl (C=O) groups excluding carboxylic acids is 1. The van der Waals surface area contributed by atoms with Crippen LogP contribution in [0.15, 0.2) is 23.1 Å². The van der Waals surface area contributed by atoms with Crippen LogP contribution >= 0.6 is 12.4 Å². The molecule has 1 atom stereocenters. The first-order chi connectivity index (χ1) is 9.95. The molecule has 22 heavy (non-hydrogen) atoms. The van der Waals surface area contributed by atoms with Gasteiger partial charge in [0, 0.05) is 18.8 Å². The van der Waals surface area contributed by atoms with Crippen LogP contribution in [-0.2, 0) is 19.6 Å². The molecular formula is C13H20ClN3O4S. The SMILES string of the molecule is CNS(=O)(=O)c1cccc(NC(=O)C2CNCCO2)c1C.Cl. The second-order valence-corrected chi connectivity index (χ2v) is 6.54. The van der Waals surface area contributed by atoms with Crippen LogP contribution in [0.4, 0.5) is 5.69 Å². The Bertz CT molecular complexity index is 630. The van der Waals surface area contributed by atoms with Gasteiger partial charge in [-0.1, -0.05) is 6.07 Å². The summed E-state index contributed by atoms with van der Waals surface area (Å²) in [5.41, 5.74) is 0.953. The Labute approximate surface area is 136 Å². The number of rotatable bonds is 4. The number of amides is 1. The van der Waals surface area contributed by atoms with Crippen molar-refractivity contribution in [3.05, 3.63) is 23.8 Å². The van der Waals surface area contributed by atoms with Crippen molar-refractivity contribution in [1.29, 1.82) is 0 Å². The maximum Gasteiger partial charge on any atom is 0.254 e. The number of ether oxygens (including phenoxy) is 1. The number of halogens is 1. The minimum Gasteiger partial charge on any atom is -0.366 e. The quantitative estimate of drug-likeness (QED) is 0.724. The maximum absolute atomic E-state index is 12.1. The summed E-state index contributed by atoms with van der Waals surface area (Å²) in [6.07, 6.45) is -0.567. The van der Waals surface area contributed by atoms with E-state index in [9.17, 15) is 13.2 Å². The zero-order valence-corrected chi connectivity index (χ0v) is 14.0. The van der Waals surface area contributed by atoms with Crippen molar-refractivity contribution in [2.24, 2.45) is 0 Å². The second kappa shape index (κ2) is 7.89. The summed E-state index contributed by atoms with van der Waals surface area (Å²) in [5, 5.41) is 5.79. The van der Waals surface area contributed by atoms with E-state index in [2.05, 4.69) is 15.4 Å². The predicted molar refractivity (Wildman–Crippen MR) is 85.9 cm³/mol. The summed E-state index contributed by atoms with van der Waals surface area (Å²) in [7, 11) is -2.21. The highest BCUT2D eigenvalue weighted by atomic mass is 35.5. The number of benzene rings is 1. The Morgan fingerprint density at radius 3 is 2.73 bits per heavy atom. The van der Waals surface area contributed by atoms with Gasteiger partial charge in [0.05, 0.1) is 11.5 Å². The lowest BCUT2D eigenvalue weighted by molar-refractivity contribution is -0.128. The molecular weight excluding hydrogens is 330 g/mol. The fourth-order valence-electron chi connectivity index (χ4n) is 2.10. The molecule has 1 amide bonds. The first-order valence-corrected chi connectivity index (χ1v) is 8.10. The monoisotopic (exact) mass is 349 g/mol. The largest absolute Gasteiger partial charge is 0.366 e. The van der Waals surface area contributed by atoms with E-state index in [4.69, 9.17) is 4.74 Å². The molecule has 0 radical (unpaired) electrons. The van der Waals surface area contributed by atoms with Crippen molar-refractivity contribution in [1.82, 2.24) is 10.0 Å². The van der Waals surface area contributed by atoms with E-state index in [0.29, 0.717) is 24.4 Å². The summed E-state index contributed by atoms with van der Waals surface area (Å²) in [4.78, 5) is 12.3. The number of nitrogens with one attached hydrogen (secondary N) is 3. The van der Waals surface area contributed by atoms with Crippen molar-refractivity contribution in [2.75, 3.05) is 32.1 Å². The Kier molecular flexibility index (Phi) is 6.76. The van der Waals surface area contributed by atoms with E-state index >= 15 is 0 Å². The Morgan fingerprint density at radius 1 is 1.41 bits per heavy atom. The third-order valence-electron chi connectivity index (χ3n) is 3.32. The molecule has 0 bridgehead atoms. The molecule has 1 aromatic carbocycles. The van der Waals surface area contributed by atoms with Gasteiger partial charge in [0.2, 0.25) is 10.0 Å². The molecule has 124 valence electrons. The molecule has 0 saturated carbocycles. The van der Waals surface area contributed by atoms with Gasteiger partial charge in [-0.3, -0.25) is 4.79 Å². The molecule has 9 heteroatoms. The number of morpholine rings is 1. The first kappa shape index (κ1) is 18.9. The zero-order valence-electron chi connectivity index (χ0n) is 12.4. The van der Waals surface area contributed by atoms with Crippen LogP contribution in [0.2, 0.25) is 0 Å². The maximum atomic E-state index is 12.1. The molecule has 3 N–H and O–H groups in total. The number of sulfonamides is 1. The molecule has 1 heterocycles. The van der Waals surface area contributed by atoms with Crippen LogP contribution in [0.25, 0.3) is 0 Å². The van der Waals surface area contributed by atoms with E-state index < -0.39 is 16.1 Å². The van der Waals surface area contributed by atoms with Crippen molar-refractivity contribution < 1.29 is 17.9 Å². The molecule has 1 aromatic rings. The fraction of sp³-hybridized carbons (Fsp3) is 0.462. The third-order valence-corrected chi connectivity index (χ3v) is 4.88. The molecule has 2 rings (SSSR count). The van der Waals surface area contributed by atoms with Crippen LogP contribution in [0.1, 0.15) is 5.56 Å². The molecule has 1 fully saturated rings. The first-order valence-electron chi connectivity index (χ1n) is 6.62. The normalized spacial score (nSPS) is 18.4. The summed E-state index contributed by atoms with van der Waals surface area (Å²) in [5.74, 6) is -0.288. The van der Waals surface area contributed by atoms with Gasteiger partial charge >= 0.3 is 0 Å². The van der Waals surface area contributed by atoms with Crippen molar-refractivity contribution in [3.8, 4) is 0 Å². The predicted octanol–water partition coefficient (Wildman–Crippen LogP) is 0.252. The number of anilines is 1. The van der Waals surface area contributed by atoms with Gasteiger partial charge in [0.1, 0.15) is 6.10 Å². The highest BCUT2D eigenvalue weighted by molar-refractivity contribution is 7.89. The lowest BCUT2D eigenvalue weighted by Gasteiger charge is -2.23. The van der Waals surface area contributed by atoms with Gasteiger partial charge in [0.25, 0.3) is 5.91 Å². The lowest BCUT2D eigenvalue weighted by Crippen LogP contribution is -2.45. The number of carbonyl (C=O) groups is 1. The Balaban J connectivity index is 0.00000242. The molecule has 1 aliphatic rings. The van der Waals surface area contributed by atoms with Gasteiger partial charge in [0.15, 0.2) is 0 Å². The number of hydrogen-bond acceptors (Lipinski definition) is 5. The van der Waals surface area contributed by atoms with Gasteiger partial charge in [-0.05, 0) is 31.7 Å². The summed E-state index contributed by atoms with van der Waals surface area (Å²) < 4.78 is 31.4. The van der Waals surface area contributed by atoms with Crippen LogP contribution in [0, 0.1) is 6.92 Å². The summed E-state index contributed by atoms with van der Waals surface area (Å²) >= 11 is 0. The number of hydrogen-bond donors (Lipinski definition) is 3. The highest BCUT2D eigenvalue weighted by Gasteiger charge is 2.23. The fourth-order valence-corrected chi connectivity index (χ4v) is 3.09. The van der Waals surface area contributed by atoms with Gasteiger partial charge in [-0.25, -0.2) is 13.1 Å². The van der Waals surface area contributed by atoms with E-state index in [-0.39, 0.29) is 23.2 Å². The molecule has 0 spiro atoms. The van der Waals surface area contributed by atoms with Crippen molar-refractivity contribution >= 4 is 34.0 Å². The van der Waals surface area contributed by atoms with Gasteiger partial charge in [-0.15, -0.1) is 12.4 Å². The van der Waals surface area contributed by atoms with E-state index in [1.165, 1.54) is 13.1 Å². The van der Waals surface area contributed by atoms with Gasteiger partial charge < -0.3 is 15.4 Å². The minimum absolute atomic E-state index is 0. The van der Waals surface area contributed by atoms with Crippen LogP contribution in [0.5, 0.6) is 0 Å². The Morgan fingerprint density at radius 2 is 2.14 bits per heavy atom. The average Bonchev–Trinajstić information content (AvgIpc) is 2.50. The average molecular weight is 350 g/mol. The second-order valence-electron chi connectivity index (χ2n) is 4.69. The lowest BCUT2D eigenvalue weighted by atomic mass is 10.2. The highest BCUT2D eigenvalue weighted by Crippen LogP contribution is 2.23. The molecule has 1 aliphatic heterocycles. The van der Waals surface area contributed by atoms with Crippen LogP contribution in [-0.4, -0.2) is 47.2 Å². The third kappa shape index (κ3) is 4.17. The standard InChI is InChI=1S/C13H19N3O4S.ClH/c1-9-10(4-3-5-12(9)21(18,19)14-2)16-13(17)11-8-15-6-7-20-11;/h3-5,11,14-15H,6-8H2,1-2H3,(H,16,17);1H. The van der Waals surface area contributed by atoms with Crippen LogP contribution < -0.4 is 15.4 Å². The topological polar surface area (TPSA) is 96.5 Å². The summed E-state index contributed by atoms with van der Waals surface area (Å²) in [6.45, 7) is 3.29. The van der Waals surface area contributed by atoms with Gasteiger partial charge in [-0.2, -0.15) is 0 Å². The molecule has 1 unspecified atom stereocenters. The Hall–Kier alpha value is -1.19. The smallest absolute Gasteiger partial charge is 0.254 e. The molecule has 7 nitrogen and oxygen atoms in total.